The highest BCUT2D eigenvalue weighted by Crippen LogP contribution is 2.34. The molecular formula is C20H28N4OS. The maximum Gasteiger partial charge on any atom is 0.142 e. The molecule has 2 aromatic rings. The van der Waals surface area contributed by atoms with Gasteiger partial charge in [0, 0.05) is 43.3 Å². The molecule has 0 amide bonds. The van der Waals surface area contributed by atoms with Crippen LogP contribution in [0, 0.1) is 0 Å². The lowest BCUT2D eigenvalue weighted by Gasteiger charge is -2.48. The molecular weight excluding hydrogens is 344 g/mol. The molecule has 0 radical (unpaired) electrons. The van der Waals surface area contributed by atoms with E-state index in [1.165, 1.54) is 32.1 Å². The van der Waals surface area contributed by atoms with E-state index in [1.54, 1.807) is 11.3 Å². The third kappa shape index (κ3) is 4.14. The van der Waals surface area contributed by atoms with E-state index in [0.717, 1.165) is 55.8 Å². The number of nitrogens with one attached hydrogen (secondary N) is 1. The molecule has 0 unspecified atom stereocenters. The molecule has 1 saturated carbocycles. The van der Waals surface area contributed by atoms with Crippen molar-refractivity contribution in [3.05, 3.63) is 35.5 Å². The zero-order valence-electron chi connectivity index (χ0n) is 15.3. The summed E-state index contributed by atoms with van der Waals surface area (Å²) >= 11 is 1.68. The van der Waals surface area contributed by atoms with E-state index in [4.69, 9.17) is 9.72 Å². The van der Waals surface area contributed by atoms with Crippen LogP contribution >= 0.6 is 11.3 Å². The number of ether oxygens (including phenoxy) is 1. The molecule has 2 fully saturated rings. The molecule has 1 aliphatic carbocycles. The van der Waals surface area contributed by atoms with Gasteiger partial charge in [-0.2, -0.15) is 0 Å². The summed E-state index contributed by atoms with van der Waals surface area (Å²) in [5, 5.41) is 6.87. The molecule has 1 aliphatic heterocycles. The van der Waals surface area contributed by atoms with Crippen molar-refractivity contribution in [3.8, 4) is 10.7 Å². The highest BCUT2D eigenvalue weighted by molar-refractivity contribution is 7.13. The first-order chi connectivity index (χ1) is 12.9. The fourth-order valence-electron chi connectivity index (χ4n) is 4.27. The van der Waals surface area contributed by atoms with Gasteiger partial charge in [0.2, 0.25) is 0 Å². The van der Waals surface area contributed by atoms with E-state index < -0.39 is 0 Å². The van der Waals surface area contributed by atoms with Crippen LogP contribution in [0.1, 0.15) is 37.8 Å². The van der Waals surface area contributed by atoms with Gasteiger partial charge < -0.3 is 10.1 Å². The lowest BCUT2D eigenvalue weighted by Crippen LogP contribution is -2.59. The van der Waals surface area contributed by atoms with Gasteiger partial charge in [0.1, 0.15) is 5.01 Å². The average Bonchev–Trinajstić information content (AvgIpc) is 3.19. The SMILES string of the molecule is c1ccc(-c2nc(CNCC3(N4CCOCC4)CCCCC3)cs2)nc1. The number of morpholine rings is 1. The highest BCUT2D eigenvalue weighted by atomic mass is 32.1. The molecule has 1 N–H and O–H groups in total. The van der Waals surface area contributed by atoms with Gasteiger partial charge in [0.15, 0.2) is 0 Å². The molecule has 6 heteroatoms. The van der Waals surface area contributed by atoms with Crippen molar-refractivity contribution in [3.63, 3.8) is 0 Å². The van der Waals surface area contributed by atoms with Gasteiger partial charge in [-0.25, -0.2) is 4.98 Å². The van der Waals surface area contributed by atoms with E-state index in [-0.39, 0.29) is 0 Å². The Morgan fingerprint density at radius 1 is 1.15 bits per heavy atom. The van der Waals surface area contributed by atoms with E-state index in [2.05, 4.69) is 20.6 Å². The first-order valence-electron chi connectivity index (χ1n) is 9.75. The number of thiazole rings is 1. The molecule has 3 heterocycles. The number of hydrogen-bond acceptors (Lipinski definition) is 6. The van der Waals surface area contributed by atoms with Gasteiger partial charge in [0.25, 0.3) is 0 Å². The smallest absolute Gasteiger partial charge is 0.142 e. The van der Waals surface area contributed by atoms with Crippen LogP contribution in [0.15, 0.2) is 29.8 Å². The normalized spacial score (nSPS) is 20.9. The van der Waals surface area contributed by atoms with Gasteiger partial charge in [-0.3, -0.25) is 9.88 Å². The lowest BCUT2D eigenvalue weighted by atomic mass is 9.79. The molecule has 4 rings (SSSR count). The first-order valence-corrected chi connectivity index (χ1v) is 10.6. The minimum absolute atomic E-state index is 0.307. The Morgan fingerprint density at radius 2 is 2.00 bits per heavy atom. The Labute approximate surface area is 159 Å². The van der Waals surface area contributed by atoms with Gasteiger partial charge in [-0.05, 0) is 25.0 Å². The summed E-state index contributed by atoms with van der Waals surface area (Å²) in [7, 11) is 0. The van der Waals surface area contributed by atoms with Crippen molar-refractivity contribution < 1.29 is 4.74 Å². The molecule has 0 bridgehead atoms. The Hall–Kier alpha value is -1.34. The molecule has 0 aromatic carbocycles. The fourth-order valence-corrected chi connectivity index (χ4v) is 5.07. The highest BCUT2D eigenvalue weighted by Gasteiger charge is 2.38. The van der Waals surface area contributed by atoms with Crippen LogP contribution in [0.3, 0.4) is 0 Å². The van der Waals surface area contributed by atoms with Crippen molar-refractivity contribution in [2.24, 2.45) is 0 Å². The Morgan fingerprint density at radius 3 is 2.77 bits per heavy atom. The molecule has 140 valence electrons. The van der Waals surface area contributed by atoms with Crippen LogP contribution in [-0.4, -0.2) is 53.3 Å². The summed E-state index contributed by atoms with van der Waals surface area (Å²) in [5.74, 6) is 0. The monoisotopic (exact) mass is 372 g/mol. The van der Waals surface area contributed by atoms with Crippen LogP contribution in [0.25, 0.3) is 10.7 Å². The maximum absolute atomic E-state index is 5.58. The quantitative estimate of drug-likeness (QED) is 0.843. The number of nitrogens with zero attached hydrogens (tertiary/aromatic N) is 3. The largest absolute Gasteiger partial charge is 0.379 e. The Balaban J connectivity index is 1.37. The molecule has 2 aliphatic rings. The molecule has 1 saturated heterocycles. The summed E-state index contributed by atoms with van der Waals surface area (Å²) in [6, 6.07) is 5.97. The summed E-state index contributed by atoms with van der Waals surface area (Å²) in [6.45, 7) is 5.77. The van der Waals surface area contributed by atoms with Crippen LogP contribution in [0.4, 0.5) is 0 Å². The number of aromatic nitrogens is 2. The third-order valence-electron chi connectivity index (χ3n) is 5.66. The summed E-state index contributed by atoms with van der Waals surface area (Å²) in [4.78, 5) is 11.8. The van der Waals surface area contributed by atoms with Crippen molar-refractivity contribution in [2.75, 3.05) is 32.8 Å². The first kappa shape index (κ1) is 18.0. The van der Waals surface area contributed by atoms with E-state index in [0.29, 0.717) is 5.54 Å². The Bertz CT molecular complexity index is 678. The van der Waals surface area contributed by atoms with Crippen molar-refractivity contribution in [1.82, 2.24) is 20.2 Å². The molecule has 0 atom stereocenters. The van der Waals surface area contributed by atoms with Gasteiger partial charge in [0.05, 0.1) is 24.6 Å². The second kappa shape index (κ2) is 8.57. The predicted molar refractivity (Wildman–Crippen MR) is 105 cm³/mol. The van der Waals surface area contributed by atoms with Gasteiger partial charge in [-0.1, -0.05) is 25.3 Å². The zero-order chi connectivity index (χ0) is 17.7. The standard InChI is InChI=1S/C20H28N4OS/c1-3-7-20(8-4-1,24-10-12-25-13-11-24)16-21-14-17-15-26-19(23-17)18-6-2-5-9-22-18/h2,5-6,9,15,21H,1,3-4,7-8,10-14,16H2. The second-order valence-electron chi connectivity index (χ2n) is 7.35. The molecule has 5 nitrogen and oxygen atoms in total. The van der Waals surface area contributed by atoms with Crippen LogP contribution in [0.5, 0.6) is 0 Å². The van der Waals surface area contributed by atoms with Crippen molar-refractivity contribution in [2.45, 2.75) is 44.2 Å². The van der Waals surface area contributed by atoms with Crippen molar-refractivity contribution >= 4 is 11.3 Å². The third-order valence-corrected chi connectivity index (χ3v) is 6.58. The molecule has 2 aromatic heterocycles. The van der Waals surface area contributed by atoms with Crippen LogP contribution < -0.4 is 5.32 Å². The van der Waals surface area contributed by atoms with Crippen LogP contribution in [0.2, 0.25) is 0 Å². The minimum Gasteiger partial charge on any atom is -0.379 e. The summed E-state index contributed by atoms with van der Waals surface area (Å²) in [6.07, 6.45) is 8.50. The number of rotatable bonds is 6. The summed E-state index contributed by atoms with van der Waals surface area (Å²) in [5.41, 5.74) is 2.38. The zero-order valence-corrected chi connectivity index (χ0v) is 16.1. The topological polar surface area (TPSA) is 50.3 Å². The number of hydrogen-bond donors (Lipinski definition) is 1. The summed E-state index contributed by atoms with van der Waals surface area (Å²) < 4.78 is 5.58. The van der Waals surface area contributed by atoms with Crippen LogP contribution in [-0.2, 0) is 11.3 Å². The molecule has 0 spiro atoms. The van der Waals surface area contributed by atoms with Gasteiger partial charge in [-0.15, -0.1) is 11.3 Å². The fraction of sp³-hybridized carbons (Fsp3) is 0.600. The predicted octanol–water partition coefficient (Wildman–Crippen LogP) is 3.33. The van der Waals surface area contributed by atoms with Crippen molar-refractivity contribution in [1.29, 1.82) is 0 Å². The minimum atomic E-state index is 0.307. The molecule has 26 heavy (non-hydrogen) atoms. The lowest BCUT2D eigenvalue weighted by molar-refractivity contribution is -0.0369. The average molecular weight is 373 g/mol. The number of pyridine rings is 1. The van der Waals surface area contributed by atoms with E-state index >= 15 is 0 Å². The maximum atomic E-state index is 5.58. The van der Waals surface area contributed by atoms with E-state index in [9.17, 15) is 0 Å². The van der Waals surface area contributed by atoms with E-state index in [1.807, 2.05) is 24.4 Å². The second-order valence-corrected chi connectivity index (χ2v) is 8.21. The van der Waals surface area contributed by atoms with Gasteiger partial charge >= 0.3 is 0 Å². The Kier molecular flexibility index (Phi) is 5.94.